The van der Waals surface area contributed by atoms with Crippen molar-refractivity contribution in [2.24, 2.45) is 11.3 Å². The van der Waals surface area contributed by atoms with E-state index in [1.165, 1.54) is 0 Å². The van der Waals surface area contributed by atoms with Crippen LogP contribution in [0.4, 0.5) is 0 Å². The van der Waals surface area contributed by atoms with Gasteiger partial charge in [0, 0.05) is 18.8 Å². The molecule has 2 aliphatic rings. The lowest BCUT2D eigenvalue weighted by atomic mass is 9.83. The number of hydrogen-bond acceptors (Lipinski definition) is 3. The highest BCUT2D eigenvalue weighted by atomic mass is 32.1. The molecule has 0 unspecified atom stereocenters. The molecule has 1 aliphatic heterocycles. The van der Waals surface area contributed by atoms with E-state index >= 15 is 0 Å². The number of thiol groups is 1. The summed E-state index contributed by atoms with van der Waals surface area (Å²) in [5.41, 5.74) is -0.144. The van der Waals surface area contributed by atoms with Crippen LogP contribution >= 0.6 is 12.6 Å². The second-order valence-corrected chi connectivity index (χ2v) is 6.87. The number of ether oxygens (including phenoxy) is 1. The molecule has 3 nitrogen and oxygen atoms in total. The summed E-state index contributed by atoms with van der Waals surface area (Å²) in [7, 11) is 0. The maximum atomic E-state index is 12.1. The first-order valence-electron chi connectivity index (χ1n) is 7.12. The molecular formula is C14H26NO2S+. The molecule has 0 atom stereocenters. The Morgan fingerprint density at radius 2 is 2.00 bits per heavy atom. The normalized spacial score (nSPS) is 23.7. The van der Waals surface area contributed by atoms with Crippen LogP contribution < -0.4 is 5.32 Å². The summed E-state index contributed by atoms with van der Waals surface area (Å²) in [5.74, 6) is 1.29. The number of quaternary nitrogens is 1. The molecule has 0 aromatic heterocycles. The fourth-order valence-electron chi connectivity index (χ4n) is 2.91. The van der Waals surface area contributed by atoms with E-state index in [2.05, 4.69) is 31.8 Å². The van der Waals surface area contributed by atoms with Crippen LogP contribution in [-0.4, -0.2) is 30.4 Å². The van der Waals surface area contributed by atoms with Gasteiger partial charge in [-0.15, -0.1) is 0 Å². The van der Waals surface area contributed by atoms with Gasteiger partial charge in [0.25, 0.3) is 0 Å². The SMILES string of the molecule is CC(C)(OC(=O)CC1(CS)CC1)C1CC[NH2+]CC1. The van der Waals surface area contributed by atoms with E-state index in [0.717, 1.165) is 44.5 Å². The molecule has 1 saturated heterocycles. The van der Waals surface area contributed by atoms with Crippen LogP contribution in [0.25, 0.3) is 0 Å². The first-order chi connectivity index (χ1) is 8.47. The molecule has 18 heavy (non-hydrogen) atoms. The van der Waals surface area contributed by atoms with E-state index in [0.29, 0.717) is 12.3 Å². The van der Waals surface area contributed by atoms with Gasteiger partial charge in [-0.1, -0.05) is 0 Å². The van der Waals surface area contributed by atoms with E-state index in [1.54, 1.807) is 0 Å². The maximum Gasteiger partial charge on any atom is 0.306 e. The summed E-state index contributed by atoms with van der Waals surface area (Å²) < 4.78 is 5.77. The Hall–Kier alpha value is -0.220. The van der Waals surface area contributed by atoms with E-state index in [4.69, 9.17) is 4.74 Å². The van der Waals surface area contributed by atoms with E-state index in [-0.39, 0.29) is 17.0 Å². The van der Waals surface area contributed by atoms with Gasteiger partial charge in [0.1, 0.15) is 5.60 Å². The Bertz CT molecular complexity index is 307. The maximum absolute atomic E-state index is 12.1. The summed E-state index contributed by atoms with van der Waals surface area (Å²) >= 11 is 4.34. The summed E-state index contributed by atoms with van der Waals surface area (Å²) in [5, 5.41) is 2.34. The van der Waals surface area contributed by atoms with Crippen molar-refractivity contribution in [2.75, 3.05) is 18.8 Å². The largest absolute Gasteiger partial charge is 0.459 e. The van der Waals surface area contributed by atoms with E-state index in [1.807, 2.05) is 0 Å². The van der Waals surface area contributed by atoms with Crippen LogP contribution in [0.2, 0.25) is 0 Å². The molecular weight excluding hydrogens is 246 g/mol. The highest BCUT2D eigenvalue weighted by molar-refractivity contribution is 7.80. The molecule has 2 N–H and O–H groups in total. The molecule has 1 aliphatic carbocycles. The quantitative estimate of drug-likeness (QED) is 0.586. The predicted molar refractivity (Wildman–Crippen MR) is 74.7 cm³/mol. The molecule has 4 heteroatoms. The van der Waals surface area contributed by atoms with Gasteiger partial charge >= 0.3 is 5.97 Å². The highest BCUT2D eigenvalue weighted by Gasteiger charge is 2.45. The summed E-state index contributed by atoms with van der Waals surface area (Å²) in [6, 6.07) is 0. The van der Waals surface area contributed by atoms with Crippen molar-refractivity contribution in [3.63, 3.8) is 0 Å². The highest BCUT2D eigenvalue weighted by Crippen LogP contribution is 2.50. The Labute approximate surface area is 115 Å². The smallest absolute Gasteiger partial charge is 0.306 e. The Morgan fingerprint density at radius 1 is 1.39 bits per heavy atom. The standard InChI is InChI=1S/C14H25NO2S/c1-13(2,11-3-7-15-8-4-11)17-12(16)9-14(10-18)5-6-14/h11,15,18H,3-10H2,1-2H3/p+1. The average Bonchev–Trinajstić information content (AvgIpc) is 3.10. The topological polar surface area (TPSA) is 42.9 Å². The minimum absolute atomic E-state index is 0.0268. The molecule has 0 aromatic rings. The number of carbonyl (C=O) groups excluding carboxylic acids is 1. The summed E-state index contributed by atoms with van der Waals surface area (Å²) in [4.78, 5) is 12.1. The zero-order valence-electron chi connectivity index (χ0n) is 11.6. The lowest BCUT2D eigenvalue weighted by Gasteiger charge is -2.35. The van der Waals surface area contributed by atoms with Crippen LogP contribution in [0, 0.1) is 11.3 Å². The van der Waals surface area contributed by atoms with Gasteiger partial charge in [0.05, 0.1) is 19.5 Å². The first kappa shape index (κ1) is 14.2. The Morgan fingerprint density at radius 3 is 2.50 bits per heavy atom. The first-order valence-corrected chi connectivity index (χ1v) is 7.75. The number of piperidine rings is 1. The molecule has 1 heterocycles. The minimum Gasteiger partial charge on any atom is -0.459 e. The molecule has 0 aromatic carbocycles. The zero-order chi connectivity index (χ0) is 13.2. The molecule has 1 saturated carbocycles. The number of esters is 1. The lowest BCUT2D eigenvalue weighted by Crippen LogP contribution is -2.86. The average molecular weight is 272 g/mol. The number of hydrogen-bond donors (Lipinski definition) is 2. The Kier molecular flexibility index (Phi) is 4.27. The third-order valence-corrected chi connectivity index (χ3v) is 5.28. The van der Waals surface area contributed by atoms with Gasteiger partial charge in [0.15, 0.2) is 0 Å². The fraction of sp³-hybridized carbons (Fsp3) is 0.929. The molecule has 2 fully saturated rings. The van der Waals surface area contributed by atoms with E-state index < -0.39 is 0 Å². The summed E-state index contributed by atoms with van der Waals surface area (Å²) in [6.07, 6.45) is 5.11. The van der Waals surface area contributed by atoms with Crippen LogP contribution in [0.15, 0.2) is 0 Å². The van der Waals surface area contributed by atoms with Gasteiger partial charge in [-0.3, -0.25) is 4.79 Å². The second kappa shape index (κ2) is 5.41. The zero-order valence-corrected chi connectivity index (χ0v) is 12.5. The van der Waals surface area contributed by atoms with Gasteiger partial charge < -0.3 is 10.1 Å². The fourth-order valence-corrected chi connectivity index (χ4v) is 3.34. The number of rotatable bonds is 5. The van der Waals surface area contributed by atoms with E-state index in [9.17, 15) is 4.79 Å². The van der Waals surface area contributed by atoms with Crippen molar-refractivity contribution in [3.05, 3.63) is 0 Å². The van der Waals surface area contributed by atoms with Crippen molar-refractivity contribution in [3.8, 4) is 0 Å². The number of nitrogens with two attached hydrogens (primary N) is 1. The van der Waals surface area contributed by atoms with Crippen LogP contribution in [-0.2, 0) is 9.53 Å². The van der Waals surface area contributed by atoms with Gasteiger partial charge in [-0.2, -0.15) is 12.6 Å². The minimum atomic E-state index is -0.308. The van der Waals surface area contributed by atoms with Crippen molar-refractivity contribution >= 4 is 18.6 Å². The predicted octanol–water partition coefficient (Wildman–Crippen LogP) is 1.38. The summed E-state index contributed by atoms with van der Waals surface area (Å²) in [6.45, 7) is 6.46. The third kappa shape index (κ3) is 3.41. The van der Waals surface area contributed by atoms with Gasteiger partial charge in [-0.05, 0) is 37.9 Å². The third-order valence-electron chi connectivity index (χ3n) is 4.61. The molecule has 104 valence electrons. The van der Waals surface area contributed by atoms with Gasteiger partial charge in [-0.25, -0.2) is 0 Å². The van der Waals surface area contributed by atoms with Crippen LogP contribution in [0.5, 0.6) is 0 Å². The van der Waals surface area contributed by atoms with Crippen LogP contribution in [0.1, 0.15) is 46.0 Å². The lowest BCUT2D eigenvalue weighted by molar-refractivity contribution is -0.665. The second-order valence-electron chi connectivity index (χ2n) is 6.55. The molecule has 0 bridgehead atoms. The van der Waals surface area contributed by atoms with Gasteiger partial charge in [0.2, 0.25) is 0 Å². The van der Waals surface area contributed by atoms with Crippen molar-refractivity contribution in [2.45, 2.75) is 51.6 Å². The monoisotopic (exact) mass is 272 g/mol. The van der Waals surface area contributed by atoms with Crippen molar-refractivity contribution in [1.82, 2.24) is 0 Å². The molecule has 0 spiro atoms. The van der Waals surface area contributed by atoms with Crippen molar-refractivity contribution in [1.29, 1.82) is 0 Å². The molecule has 0 radical (unpaired) electrons. The molecule has 0 amide bonds. The van der Waals surface area contributed by atoms with Crippen LogP contribution in [0.3, 0.4) is 0 Å². The Balaban J connectivity index is 1.84. The van der Waals surface area contributed by atoms with Crippen molar-refractivity contribution < 1.29 is 14.8 Å². The number of carbonyl (C=O) groups is 1. The molecule has 2 rings (SSSR count).